The number of aliphatic hydroxyl groups is 3. The highest BCUT2D eigenvalue weighted by Crippen LogP contribution is 2.27. The Morgan fingerprint density at radius 3 is 2.80 bits per heavy atom. The molecule has 0 aromatic heterocycles. The minimum atomic E-state index is -1.47. The molecule has 0 spiro atoms. The van der Waals surface area contributed by atoms with Gasteiger partial charge in [0, 0.05) is 0 Å². The van der Waals surface area contributed by atoms with Crippen molar-refractivity contribution in [1.29, 1.82) is 0 Å². The van der Waals surface area contributed by atoms with Crippen molar-refractivity contribution in [1.82, 2.24) is 4.90 Å². The number of hydrogen-bond acceptors (Lipinski definition) is 10. The van der Waals surface area contributed by atoms with Gasteiger partial charge in [-0.3, -0.25) is 16.5 Å². The molecule has 1 saturated heterocycles. The number of nitrogens with two attached hydrogens (primary N) is 2. The maximum absolute atomic E-state index is 10.0. The lowest BCUT2D eigenvalue weighted by molar-refractivity contribution is -0.0688. The van der Waals surface area contributed by atoms with Gasteiger partial charge in [0.2, 0.25) is 5.79 Å². The first-order chi connectivity index (χ1) is 9.45. The number of aliphatic imine (C=N–C) groups is 3. The number of ether oxygens (including phenoxy) is 1. The number of rotatable bonds is 2. The highest BCUT2D eigenvalue weighted by atomic mass is 16.6. The zero-order valence-electron chi connectivity index (χ0n) is 10.5. The van der Waals surface area contributed by atoms with Crippen molar-refractivity contribution < 1.29 is 20.1 Å². The van der Waals surface area contributed by atoms with E-state index < -0.39 is 36.9 Å². The van der Waals surface area contributed by atoms with E-state index in [0.717, 1.165) is 0 Å². The van der Waals surface area contributed by atoms with E-state index in [0.29, 0.717) is 5.84 Å². The molecule has 0 aromatic rings. The molecular weight excluding hydrogens is 268 g/mol. The molecule has 7 N–H and O–H groups in total. The largest absolute Gasteiger partial charge is 0.394 e. The molecule has 3 heterocycles. The molecule has 3 aliphatic heterocycles. The molecule has 0 aromatic carbocycles. The quantitative estimate of drug-likeness (QED) is 0.324. The third-order valence-corrected chi connectivity index (χ3v) is 3.52. The third kappa shape index (κ3) is 1.85. The van der Waals surface area contributed by atoms with E-state index in [1.54, 1.807) is 0 Å². The summed E-state index contributed by atoms with van der Waals surface area (Å²) in [4.78, 5) is 13.6. The molecule has 110 valence electrons. The van der Waals surface area contributed by atoms with Gasteiger partial charge in [-0.05, 0) is 0 Å². The van der Waals surface area contributed by atoms with Gasteiger partial charge in [0.05, 0.1) is 6.61 Å². The molecule has 1 fully saturated rings. The van der Waals surface area contributed by atoms with Crippen LogP contribution in [-0.2, 0) is 4.74 Å². The first kappa shape index (κ1) is 13.5. The number of nitrogens with zero attached hydrogens (tertiary/aromatic N) is 4. The van der Waals surface area contributed by atoms with Crippen molar-refractivity contribution in [3.05, 3.63) is 0 Å². The summed E-state index contributed by atoms with van der Waals surface area (Å²) in [6, 6.07) is 0. The fourth-order valence-electron chi connectivity index (χ4n) is 2.44. The lowest BCUT2D eigenvalue weighted by Crippen LogP contribution is -2.60. The van der Waals surface area contributed by atoms with Gasteiger partial charge in [0.1, 0.15) is 37.0 Å². The van der Waals surface area contributed by atoms with Crippen LogP contribution in [-0.4, -0.2) is 81.7 Å². The first-order valence-corrected chi connectivity index (χ1v) is 6.09. The van der Waals surface area contributed by atoms with Crippen molar-refractivity contribution in [2.45, 2.75) is 30.3 Å². The summed E-state index contributed by atoms with van der Waals surface area (Å²) in [5, 5.41) is 28.9. The minimum absolute atomic E-state index is 0.125. The van der Waals surface area contributed by atoms with Crippen molar-refractivity contribution in [2.24, 2.45) is 26.4 Å². The number of fused-ring (bicyclic) bond motifs is 1. The Morgan fingerprint density at radius 1 is 1.40 bits per heavy atom. The Morgan fingerprint density at radius 2 is 2.15 bits per heavy atom. The normalized spacial score (nSPS) is 38.8. The van der Waals surface area contributed by atoms with Crippen LogP contribution in [0.1, 0.15) is 0 Å². The monoisotopic (exact) mass is 284 g/mol. The predicted octanol–water partition coefficient (Wildman–Crippen LogP) is -3.85. The molecule has 0 amide bonds. The topological polar surface area (TPSA) is 162 Å². The van der Waals surface area contributed by atoms with Crippen molar-refractivity contribution >= 4 is 17.9 Å². The maximum Gasteiger partial charge on any atom is 0.208 e. The second kappa shape index (κ2) is 4.55. The van der Waals surface area contributed by atoms with Crippen LogP contribution in [0.15, 0.2) is 15.0 Å². The van der Waals surface area contributed by atoms with Crippen LogP contribution < -0.4 is 11.5 Å². The van der Waals surface area contributed by atoms with E-state index in [4.69, 9.17) is 21.3 Å². The molecule has 0 unspecified atom stereocenters. The average Bonchev–Trinajstić information content (AvgIpc) is 2.94. The van der Waals surface area contributed by atoms with Gasteiger partial charge in [0.15, 0.2) is 12.1 Å². The smallest absolute Gasteiger partial charge is 0.208 e. The Hall–Kier alpha value is -1.43. The highest BCUT2D eigenvalue weighted by molar-refractivity contribution is 6.47. The van der Waals surface area contributed by atoms with E-state index in [2.05, 4.69) is 15.0 Å². The van der Waals surface area contributed by atoms with E-state index >= 15 is 0 Å². The van der Waals surface area contributed by atoms with Crippen molar-refractivity contribution in [2.75, 3.05) is 13.3 Å². The second-order valence-corrected chi connectivity index (χ2v) is 4.87. The van der Waals surface area contributed by atoms with Crippen LogP contribution in [0.3, 0.4) is 0 Å². The third-order valence-electron chi connectivity index (χ3n) is 3.52. The fraction of sp³-hybridized carbons (Fsp3) is 0.700. The van der Waals surface area contributed by atoms with Crippen LogP contribution in [0.25, 0.3) is 0 Å². The summed E-state index contributed by atoms with van der Waals surface area (Å²) < 4.78 is 5.43. The zero-order chi connectivity index (χ0) is 14.5. The van der Waals surface area contributed by atoms with Crippen LogP contribution >= 0.6 is 0 Å². The lowest BCUT2D eigenvalue weighted by atomic mass is 10.1. The van der Waals surface area contributed by atoms with Crippen molar-refractivity contribution in [3.63, 3.8) is 0 Å². The van der Waals surface area contributed by atoms with Crippen LogP contribution in [0.2, 0.25) is 0 Å². The molecular formula is C10H16N6O4. The van der Waals surface area contributed by atoms with E-state index in [1.165, 1.54) is 11.2 Å². The fourth-order valence-corrected chi connectivity index (χ4v) is 2.44. The molecule has 10 heteroatoms. The maximum atomic E-state index is 10.0. The number of amidine groups is 1. The minimum Gasteiger partial charge on any atom is -0.394 e. The summed E-state index contributed by atoms with van der Waals surface area (Å²) in [7, 11) is 0. The molecule has 20 heavy (non-hydrogen) atoms. The Labute approximate surface area is 114 Å². The summed E-state index contributed by atoms with van der Waals surface area (Å²) in [6.07, 6.45) is -2.92. The summed E-state index contributed by atoms with van der Waals surface area (Å²) in [5.41, 5.74) is 11.9. The van der Waals surface area contributed by atoms with E-state index in [9.17, 15) is 10.2 Å². The molecule has 0 bridgehead atoms. The summed E-state index contributed by atoms with van der Waals surface area (Å²) in [5.74, 6) is -1.12. The summed E-state index contributed by atoms with van der Waals surface area (Å²) in [6.45, 7) is -0.276. The van der Waals surface area contributed by atoms with Crippen LogP contribution in [0.4, 0.5) is 0 Å². The van der Waals surface area contributed by atoms with Gasteiger partial charge in [-0.25, -0.2) is 9.98 Å². The zero-order valence-corrected chi connectivity index (χ0v) is 10.5. The first-order valence-electron chi connectivity index (χ1n) is 6.09. The molecule has 3 aliphatic rings. The highest BCUT2D eigenvalue weighted by Gasteiger charge is 2.49. The lowest BCUT2D eigenvalue weighted by Gasteiger charge is -2.30. The molecule has 10 nitrogen and oxygen atoms in total. The molecule has 3 rings (SSSR count). The van der Waals surface area contributed by atoms with Gasteiger partial charge in [-0.2, -0.15) is 0 Å². The van der Waals surface area contributed by atoms with E-state index in [1.807, 2.05) is 0 Å². The second-order valence-electron chi connectivity index (χ2n) is 4.87. The van der Waals surface area contributed by atoms with E-state index in [-0.39, 0.29) is 12.4 Å². The molecule has 0 saturated carbocycles. The molecule has 0 radical (unpaired) electrons. The van der Waals surface area contributed by atoms with Gasteiger partial charge < -0.3 is 25.0 Å². The number of aliphatic hydroxyl groups excluding tert-OH is 3. The SMILES string of the molecule is NC1(N)N=CN=C2C1=NCN2[C@@H]1O[C@H](CO)[C@@H](O)[C@H]1O. The Bertz CT molecular complexity index is 504. The van der Waals surface area contributed by atoms with Crippen molar-refractivity contribution in [3.8, 4) is 0 Å². The predicted molar refractivity (Wildman–Crippen MR) is 68.9 cm³/mol. The van der Waals surface area contributed by atoms with Gasteiger partial charge in [-0.1, -0.05) is 0 Å². The Balaban J connectivity index is 1.85. The summed E-state index contributed by atoms with van der Waals surface area (Å²) >= 11 is 0. The van der Waals surface area contributed by atoms with Gasteiger partial charge >= 0.3 is 0 Å². The number of hydrogen-bond donors (Lipinski definition) is 5. The van der Waals surface area contributed by atoms with Crippen LogP contribution in [0.5, 0.6) is 0 Å². The molecule has 0 aliphatic carbocycles. The Kier molecular flexibility index (Phi) is 3.08. The van der Waals surface area contributed by atoms with Gasteiger partial charge in [0.25, 0.3) is 0 Å². The van der Waals surface area contributed by atoms with Gasteiger partial charge in [-0.15, -0.1) is 0 Å². The van der Waals surface area contributed by atoms with Crippen LogP contribution in [0, 0.1) is 0 Å². The standard InChI is InChI=1S/C10H16N6O4/c11-10(12)7-8(13-2-15-10)16(3-14-7)9-6(19)5(18)4(1-17)20-9/h2,4-6,9,17-19H,1,3,11-12H2/t4-,5-,6-,9-/m1/s1. The average molecular weight is 284 g/mol. The molecule has 4 atom stereocenters.